The lowest BCUT2D eigenvalue weighted by atomic mass is 10.2. The van der Waals surface area contributed by atoms with Crippen LogP contribution in [-0.4, -0.2) is 31.5 Å². The first-order chi connectivity index (χ1) is 7.90. The van der Waals surface area contributed by atoms with E-state index in [1.54, 1.807) is 0 Å². The van der Waals surface area contributed by atoms with Crippen molar-refractivity contribution < 1.29 is 0 Å². The van der Waals surface area contributed by atoms with E-state index < -0.39 is 0 Å². The van der Waals surface area contributed by atoms with Crippen LogP contribution in [-0.2, 0) is 0 Å². The quantitative estimate of drug-likeness (QED) is 0.623. The van der Waals surface area contributed by atoms with Gasteiger partial charge in [-0.3, -0.25) is 0 Å². The second-order valence-corrected chi connectivity index (χ2v) is 4.28. The Balaban J connectivity index is 2.06. The lowest BCUT2D eigenvalue weighted by molar-refractivity contribution is 0.589. The highest BCUT2D eigenvalue weighted by molar-refractivity contribution is 9.09. The lowest BCUT2D eigenvalue weighted by Gasteiger charge is -2.29. The molecule has 3 heteroatoms. The monoisotopic (exact) mass is 278 g/mol. The van der Waals surface area contributed by atoms with Gasteiger partial charge < -0.3 is 10.2 Å². The van der Waals surface area contributed by atoms with Gasteiger partial charge in [-0.15, -0.1) is 0 Å². The highest BCUT2D eigenvalue weighted by atomic mass is 79.9. The van der Waals surface area contributed by atoms with Crippen LogP contribution >= 0.6 is 15.9 Å². The molecule has 1 saturated heterocycles. The molecule has 0 unspecified atom stereocenters. The van der Waals surface area contributed by atoms with Crippen molar-refractivity contribution in [2.24, 2.45) is 0 Å². The van der Waals surface area contributed by atoms with Gasteiger partial charge >= 0.3 is 0 Å². The van der Waals surface area contributed by atoms with E-state index in [-0.39, 0.29) is 0 Å². The molecule has 16 heavy (non-hydrogen) atoms. The molecule has 2 nitrogen and oxygen atoms in total. The van der Waals surface area contributed by atoms with Gasteiger partial charge in [-0.05, 0) is 24.3 Å². The van der Waals surface area contributed by atoms with Crippen LogP contribution < -0.4 is 10.2 Å². The predicted octanol–water partition coefficient (Wildman–Crippen LogP) is 1.84. The van der Waals surface area contributed by atoms with Crippen LogP contribution in [0.4, 0.5) is 5.69 Å². The summed E-state index contributed by atoms with van der Waals surface area (Å²) in [5.41, 5.74) is 2.38. The summed E-state index contributed by atoms with van der Waals surface area (Å²) in [6, 6.07) is 8.49. The smallest absolute Gasteiger partial charge is 0.0649 e. The Bertz CT molecular complexity index is 383. The van der Waals surface area contributed by atoms with Crippen LogP contribution in [0.5, 0.6) is 0 Å². The SMILES string of the molecule is BrCC#Cc1ccc(N2CCNCC2)cc1. The molecule has 2 rings (SSSR count). The molecule has 0 radical (unpaired) electrons. The zero-order valence-corrected chi connectivity index (χ0v) is 10.8. The molecule has 1 heterocycles. The average molecular weight is 279 g/mol. The Labute approximate surface area is 105 Å². The fraction of sp³-hybridized carbons (Fsp3) is 0.385. The first kappa shape index (κ1) is 11.5. The second-order valence-electron chi connectivity index (χ2n) is 3.72. The number of nitrogens with zero attached hydrogens (tertiary/aromatic N) is 1. The molecular weight excluding hydrogens is 264 g/mol. The molecule has 0 aliphatic carbocycles. The number of alkyl halides is 1. The summed E-state index contributed by atoms with van der Waals surface area (Å²) in [5.74, 6) is 6.10. The first-order valence-corrected chi connectivity index (χ1v) is 6.63. The molecule has 0 amide bonds. The second kappa shape index (κ2) is 5.93. The highest BCUT2D eigenvalue weighted by Crippen LogP contribution is 2.15. The highest BCUT2D eigenvalue weighted by Gasteiger charge is 2.09. The van der Waals surface area contributed by atoms with Crippen molar-refractivity contribution in [3.8, 4) is 11.8 Å². The van der Waals surface area contributed by atoms with Gasteiger partial charge in [0.2, 0.25) is 0 Å². The van der Waals surface area contributed by atoms with Crippen LogP contribution in [0.3, 0.4) is 0 Å². The molecule has 0 spiro atoms. The van der Waals surface area contributed by atoms with Gasteiger partial charge in [0.15, 0.2) is 0 Å². The minimum atomic E-state index is 0.729. The Hall–Kier alpha value is -0.980. The van der Waals surface area contributed by atoms with Crippen LogP contribution in [0.25, 0.3) is 0 Å². The van der Waals surface area contributed by atoms with E-state index in [9.17, 15) is 0 Å². The van der Waals surface area contributed by atoms with Gasteiger partial charge in [-0.2, -0.15) is 0 Å². The average Bonchev–Trinajstić information content (AvgIpc) is 2.38. The Morgan fingerprint density at radius 3 is 2.50 bits per heavy atom. The van der Waals surface area contributed by atoms with Gasteiger partial charge in [-0.1, -0.05) is 27.8 Å². The molecule has 0 bridgehead atoms. The third-order valence-corrected chi connectivity index (χ3v) is 2.93. The lowest BCUT2D eigenvalue weighted by Crippen LogP contribution is -2.43. The maximum Gasteiger partial charge on any atom is 0.0649 e. The number of hydrogen-bond donors (Lipinski definition) is 1. The van der Waals surface area contributed by atoms with Crippen LogP contribution in [0.1, 0.15) is 5.56 Å². The van der Waals surface area contributed by atoms with Crippen LogP contribution in [0, 0.1) is 11.8 Å². The summed E-state index contributed by atoms with van der Waals surface area (Å²) >= 11 is 3.30. The third kappa shape index (κ3) is 3.01. The van der Waals surface area contributed by atoms with Crippen LogP contribution in [0.15, 0.2) is 24.3 Å². The van der Waals surface area contributed by atoms with Crippen molar-refractivity contribution >= 4 is 21.6 Å². The Morgan fingerprint density at radius 1 is 1.19 bits per heavy atom. The fourth-order valence-electron chi connectivity index (χ4n) is 1.81. The van der Waals surface area contributed by atoms with Crippen molar-refractivity contribution in [3.63, 3.8) is 0 Å². The molecule has 1 aliphatic rings. The molecule has 0 aromatic heterocycles. The number of piperazine rings is 1. The third-order valence-electron chi connectivity index (χ3n) is 2.65. The zero-order valence-electron chi connectivity index (χ0n) is 9.17. The Morgan fingerprint density at radius 2 is 1.88 bits per heavy atom. The standard InChI is InChI=1S/C13H15BrN2/c14-7-1-2-12-3-5-13(6-4-12)16-10-8-15-9-11-16/h3-6,15H,7-11H2. The van der Waals surface area contributed by atoms with Crippen molar-refractivity contribution in [3.05, 3.63) is 29.8 Å². The Kier molecular flexibility index (Phi) is 4.26. The summed E-state index contributed by atoms with van der Waals surface area (Å²) in [6.45, 7) is 4.33. The van der Waals surface area contributed by atoms with Crippen LogP contribution in [0.2, 0.25) is 0 Å². The van der Waals surface area contributed by atoms with E-state index in [1.807, 2.05) is 0 Å². The van der Waals surface area contributed by atoms with Gasteiger partial charge in [0.25, 0.3) is 0 Å². The summed E-state index contributed by atoms with van der Waals surface area (Å²) in [4.78, 5) is 2.40. The molecule has 1 aliphatic heterocycles. The number of hydrogen-bond acceptors (Lipinski definition) is 2. The zero-order chi connectivity index (χ0) is 11.2. The summed E-state index contributed by atoms with van der Waals surface area (Å²) in [5, 5.41) is 4.08. The van der Waals surface area contributed by atoms with Crippen molar-refractivity contribution in [1.29, 1.82) is 0 Å². The number of anilines is 1. The fourth-order valence-corrected chi connectivity index (χ4v) is 1.95. The van der Waals surface area contributed by atoms with Crippen molar-refractivity contribution in [2.75, 3.05) is 36.4 Å². The van der Waals surface area contributed by atoms with Crippen molar-refractivity contribution in [1.82, 2.24) is 5.32 Å². The summed E-state index contributed by atoms with van der Waals surface area (Å²) in [7, 11) is 0. The molecule has 1 fully saturated rings. The minimum Gasteiger partial charge on any atom is -0.369 e. The summed E-state index contributed by atoms with van der Waals surface area (Å²) < 4.78 is 0. The molecule has 1 aromatic rings. The minimum absolute atomic E-state index is 0.729. The van der Waals surface area contributed by atoms with E-state index in [2.05, 4.69) is 62.3 Å². The van der Waals surface area contributed by atoms with Crippen molar-refractivity contribution in [2.45, 2.75) is 0 Å². The first-order valence-electron chi connectivity index (χ1n) is 5.51. The predicted molar refractivity (Wildman–Crippen MR) is 72.2 cm³/mol. The molecular formula is C13H15BrN2. The van der Waals surface area contributed by atoms with E-state index in [0.717, 1.165) is 37.1 Å². The number of benzene rings is 1. The van der Waals surface area contributed by atoms with E-state index >= 15 is 0 Å². The molecule has 0 atom stereocenters. The largest absolute Gasteiger partial charge is 0.369 e. The maximum atomic E-state index is 3.35. The van der Waals surface area contributed by atoms with Gasteiger partial charge in [0.1, 0.15) is 0 Å². The molecule has 0 saturated carbocycles. The van der Waals surface area contributed by atoms with E-state index in [1.165, 1.54) is 5.69 Å². The molecule has 1 aromatic carbocycles. The maximum absolute atomic E-state index is 3.35. The number of nitrogens with one attached hydrogen (secondary N) is 1. The van der Waals surface area contributed by atoms with Gasteiger partial charge in [0, 0.05) is 37.4 Å². The topological polar surface area (TPSA) is 15.3 Å². The van der Waals surface area contributed by atoms with E-state index in [0.29, 0.717) is 0 Å². The summed E-state index contributed by atoms with van der Waals surface area (Å²) in [6.07, 6.45) is 0. The van der Waals surface area contributed by atoms with Gasteiger partial charge in [-0.25, -0.2) is 0 Å². The number of halogens is 1. The molecule has 1 N–H and O–H groups in total. The normalized spacial score (nSPS) is 15.4. The molecule has 84 valence electrons. The number of rotatable bonds is 1. The van der Waals surface area contributed by atoms with Gasteiger partial charge in [0.05, 0.1) is 5.33 Å². The van der Waals surface area contributed by atoms with E-state index in [4.69, 9.17) is 0 Å².